The summed E-state index contributed by atoms with van der Waals surface area (Å²) < 4.78 is 13.2. The Morgan fingerprint density at radius 3 is 2.69 bits per heavy atom. The van der Waals surface area contributed by atoms with E-state index in [1.807, 2.05) is 18.4 Å². The summed E-state index contributed by atoms with van der Waals surface area (Å²) in [6.45, 7) is 1.40. The molecule has 0 amide bonds. The first-order valence-corrected chi connectivity index (χ1v) is 5.95. The number of likely N-dealkylation sites (N-methyl/N-ethyl adjacent to an activating group) is 1. The van der Waals surface area contributed by atoms with E-state index < -0.39 is 11.0 Å². The molecule has 1 aliphatic rings. The monoisotopic (exact) mass is 206 g/mol. The van der Waals surface area contributed by atoms with Crippen molar-refractivity contribution in [2.24, 2.45) is 0 Å². The van der Waals surface area contributed by atoms with Crippen molar-refractivity contribution in [1.29, 1.82) is 0 Å². The number of nitrogens with zero attached hydrogens (tertiary/aromatic N) is 2. The molecule has 1 rings (SSSR count). The molecule has 0 spiro atoms. The highest BCUT2D eigenvalue weighted by molar-refractivity contribution is 7.81. The summed E-state index contributed by atoms with van der Waals surface area (Å²) in [5, 5.41) is 9.44. The van der Waals surface area contributed by atoms with Crippen LogP contribution in [0.2, 0.25) is 0 Å². The average molecular weight is 206 g/mol. The third kappa shape index (κ3) is 3.02. The summed E-state index contributed by atoms with van der Waals surface area (Å²) in [5.74, 6) is 0. The van der Waals surface area contributed by atoms with Crippen LogP contribution in [0.1, 0.15) is 6.42 Å². The Kier molecular flexibility index (Phi) is 3.85. The van der Waals surface area contributed by atoms with Gasteiger partial charge in [0.05, 0.1) is 17.1 Å². The molecule has 0 aromatic rings. The van der Waals surface area contributed by atoms with Gasteiger partial charge in [0.2, 0.25) is 0 Å². The number of hydrogen-bond donors (Lipinski definition) is 1. The molecule has 3 unspecified atom stereocenters. The number of rotatable bonds is 3. The largest absolute Gasteiger partial charge is 0.392 e. The lowest BCUT2D eigenvalue weighted by Gasteiger charge is -2.23. The molecule has 78 valence electrons. The Bertz CT molecular complexity index is 199. The van der Waals surface area contributed by atoms with Crippen LogP contribution in [-0.4, -0.2) is 64.1 Å². The molecule has 13 heavy (non-hydrogen) atoms. The van der Waals surface area contributed by atoms with Crippen molar-refractivity contribution in [3.8, 4) is 0 Å². The number of hydrogen-bond acceptors (Lipinski definition) is 3. The van der Waals surface area contributed by atoms with E-state index >= 15 is 0 Å². The molecule has 0 aromatic carbocycles. The molecule has 0 aliphatic carbocycles. The predicted octanol–water partition coefficient (Wildman–Crippen LogP) is -0.723. The first-order chi connectivity index (χ1) is 6.00. The smallest absolute Gasteiger partial charge is 0.0914 e. The van der Waals surface area contributed by atoms with Crippen LogP contribution in [0, 0.1) is 0 Å². The van der Waals surface area contributed by atoms with Crippen molar-refractivity contribution in [2.75, 3.05) is 33.4 Å². The highest BCUT2D eigenvalue weighted by Gasteiger charge is 2.33. The fraction of sp³-hybridized carbons (Fsp3) is 1.00. The summed E-state index contributed by atoms with van der Waals surface area (Å²) in [6, 6.07) is 0.232. The number of β-amino-alcohol motifs (C(OH)–C–C–N with tert-alkyl or cyclic N) is 1. The van der Waals surface area contributed by atoms with Gasteiger partial charge in [-0.1, -0.05) is 0 Å². The lowest BCUT2D eigenvalue weighted by molar-refractivity contribution is 0.188. The minimum Gasteiger partial charge on any atom is -0.392 e. The van der Waals surface area contributed by atoms with Gasteiger partial charge in [0.15, 0.2) is 0 Å². The van der Waals surface area contributed by atoms with Gasteiger partial charge in [0.25, 0.3) is 0 Å². The van der Waals surface area contributed by atoms with Gasteiger partial charge in [-0.3, -0.25) is 0 Å². The van der Waals surface area contributed by atoms with Crippen LogP contribution in [0.3, 0.4) is 0 Å². The van der Waals surface area contributed by atoms with E-state index in [2.05, 4.69) is 4.90 Å². The van der Waals surface area contributed by atoms with Gasteiger partial charge in [0, 0.05) is 25.4 Å². The zero-order valence-corrected chi connectivity index (χ0v) is 9.25. The SMILES string of the molecule is CN(C)CC1CC(O)CN1S(C)=O. The number of aliphatic hydroxyl groups is 1. The molecular weight excluding hydrogens is 188 g/mol. The maximum atomic E-state index is 11.3. The van der Waals surface area contributed by atoms with Gasteiger partial charge in [-0.2, -0.15) is 0 Å². The number of aliphatic hydroxyl groups excluding tert-OH is 1. The highest BCUT2D eigenvalue weighted by atomic mass is 32.2. The van der Waals surface area contributed by atoms with Crippen molar-refractivity contribution in [2.45, 2.75) is 18.6 Å². The molecule has 0 aromatic heterocycles. The van der Waals surface area contributed by atoms with Gasteiger partial charge >= 0.3 is 0 Å². The summed E-state index contributed by atoms with van der Waals surface area (Å²) in [5.41, 5.74) is 0. The molecule has 5 heteroatoms. The van der Waals surface area contributed by atoms with Crippen LogP contribution in [-0.2, 0) is 11.0 Å². The van der Waals surface area contributed by atoms with Crippen molar-refractivity contribution >= 4 is 11.0 Å². The molecule has 3 atom stereocenters. The van der Waals surface area contributed by atoms with E-state index in [9.17, 15) is 9.32 Å². The van der Waals surface area contributed by atoms with Crippen molar-refractivity contribution in [1.82, 2.24) is 9.21 Å². The molecule has 1 saturated heterocycles. The normalized spacial score (nSPS) is 32.7. The molecule has 0 bridgehead atoms. The lowest BCUT2D eigenvalue weighted by Crippen LogP contribution is -2.38. The summed E-state index contributed by atoms with van der Waals surface area (Å²) >= 11 is 0. The topological polar surface area (TPSA) is 43.8 Å². The quantitative estimate of drug-likeness (QED) is 0.662. The van der Waals surface area contributed by atoms with E-state index in [1.54, 1.807) is 6.26 Å². The fourth-order valence-electron chi connectivity index (χ4n) is 1.76. The molecule has 0 radical (unpaired) electrons. The first-order valence-electron chi connectivity index (χ1n) is 4.43. The Morgan fingerprint density at radius 2 is 2.23 bits per heavy atom. The van der Waals surface area contributed by atoms with Crippen LogP contribution in [0.25, 0.3) is 0 Å². The zero-order valence-electron chi connectivity index (χ0n) is 8.43. The Balaban J connectivity index is 2.55. The summed E-state index contributed by atoms with van der Waals surface area (Å²) in [6.07, 6.45) is 2.09. The predicted molar refractivity (Wildman–Crippen MR) is 53.7 cm³/mol. The molecule has 1 fully saturated rings. The van der Waals surface area contributed by atoms with Gasteiger partial charge in [-0.25, -0.2) is 8.51 Å². The van der Waals surface area contributed by atoms with Crippen molar-refractivity contribution in [3.63, 3.8) is 0 Å². The minimum absolute atomic E-state index is 0.232. The van der Waals surface area contributed by atoms with E-state index in [1.165, 1.54) is 0 Å². The maximum Gasteiger partial charge on any atom is 0.0914 e. The molecular formula is C8H18N2O2S. The fourth-order valence-corrected chi connectivity index (χ4v) is 2.72. The van der Waals surface area contributed by atoms with Crippen LogP contribution < -0.4 is 0 Å². The molecule has 4 nitrogen and oxygen atoms in total. The highest BCUT2D eigenvalue weighted by Crippen LogP contribution is 2.19. The Morgan fingerprint density at radius 1 is 1.62 bits per heavy atom. The standard InChI is InChI=1S/C8H18N2O2S/c1-9(2)5-7-4-8(11)6-10(7)13(3)12/h7-8,11H,4-6H2,1-3H3. The van der Waals surface area contributed by atoms with E-state index in [0.717, 1.165) is 13.0 Å². The lowest BCUT2D eigenvalue weighted by atomic mass is 10.2. The molecule has 1 N–H and O–H groups in total. The molecule has 1 aliphatic heterocycles. The minimum atomic E-state index is -0.961. The average Bonchev–Trinajstić information content (AvgIpc) is 2.29. The first kappa shape index (κ1) is 11.1. The zero-order chi connectivity index (χ0) is 10.0. The van der Waals surface area contributed by atoms with Crippen LogP contribution in [0.15, 0.2) is 0 Å². The molecule has 0 saturated carbocycles. The Labute approximate surface area is 82.1 Å². The summed E-state index contributed by atoms with van der Waals surface area (Å²) in [4.78, 5) is 2.06. The third-order valence-corrected chi connectivity index (χ3v) is 3.36. The van der Waals surface area contributed by atoms with Gasteiger partial charge in [-0.05, 0) is 20.5 Å². The second-order valence-corrected chi connectivity index (χ2v) is 5.15. The van der Waals surface area contributed by atoms with E-state index in [-0.39, 0.29) is 12.1 Å². The van der Waals surface area contributed by atoms with E-state index in [4.69, 9.17) is 0 Å². The van der Waals surface area contributed by atoms with Crippen LogP contribution in [0.5, 0.6) is 0 Å². The van der Waals surface area contributed by atoms with Crippen molar-refractivity contribution < 1.29 is 9.32 Å². The van der Waals surface area contributed by atoms with Gasteiger partial charge in [-0.15, -0.1) is 0 Å². The van der Waals surface area contributed by atoms with Gasteiger partial charge < -0.3 is 10.0 Å². The van der Waals surface area contributed by atoms with Gasteiger partial charge in [0.1, 0.15) is 0 Å². The Hall–Kier alpha value is 0.0300. The second-order valence-electron chi connectivity index (χ2n) is 3.83. The second kappa shape index (κ2) is 4.50. The van der Waals surface area contributed by atoms with Crippen molar-refractivity contribution in [3.05, 3.63) is 0 Å². The molecule has 1 heterocycles. The third-order valence-electron chi connectivity index (χ3n) is 2.25. The van der Waals surface area contributed by atoms with Crippen LogP contribution in [0.4, 0.5) is 0 Å². The van der Waals surface area contributed by atoms with Crippen LogP contribution >= 0.6 is 0 Å². The van der Waals surface area contributed by atoms with E-state index in [0.29, 0.717) is 6.54 Å². The summed E-state index contributed by atoms with van der Waals surface area (Å²) in [7, 11) is 3.01. The maximum absolute atomic E-state index is 11.3.